The molecule has 0 radical (unpaired) electrons. The van der Waals surface area contributed by atoms with E-state index in [2.05, 4.69) is 20.4 Å². The first-order chi connectivity index (χ1) is 11.7. The summed E-state index contributed by atoms with van der Waals surface area (Å²) >= 11 is 0. The van der Waals surface area contributed by atoms with Crippen LogP contribution >= 0.6 is 0 Å². The fourth-order valence-electron chi connectivity index (χ4n) is 7.50. The lowest BCUT2D eigenvalue weighted by molar-refractivity contribution is -0.248. The first-order valence-corrected chi connectivity index (χ1v) is 9.62. The van der Waals surface area contributed by atoms with Gasteiger partial charge in [0, 0.05) is 11.3 Å². The Bertz CT molecular complexity index is 656. The third-order valence-electron chi connectivity index (χ3n) is 8.51. The Morgan fingerprint density at radius 2 is 1.96 bits per heavy atom. The molecular formula is C20H28O5. The number of ether oxygens (including phenoxy) is 2. The summed E-state index contributed by atoms with van der Waals surface area (Å²) in [6.45, 7) is 8.88. The van der Waals surface area contributed by atoms with Gasteiger partial charge in [0.15, 0.2) is 6.29 Å². The Hall–Kier alpha value is -0.910. The molecule has 0 amide bonds. The van der Waals surface area contributed by atoms with Crippen molar-refractivity contribution in [2.75, 3.05) is 6.61 Å². The van der Waals surface area contributed by atoms with Crippen molar-refractivity contribution in [3.63, 3.8) is 0 Å². The molecule has 2 N–H and O–H groups in total. The van der Waals surface area contributed by atoms with Gasteiger partial charge in [-0.1, -0.05) is 20.4 Å². The van der Waals surface area contributed by atoms with Gasteiger partial charge >= 0.3 is 5.97 Å². The minimum absolute atomic E-state index is 0.0153. The summed E-state index contributed by atoms with van der Waals surface area (Å²) in [5.74, 6) is -0.136. The van der Waals surface area contributed by atoms with Crippen molar-refractivity contribution in [1.82, 2.24) is 0 Å². The van der Waals surface area contributed by atoms with Crippen molar-refractivity contribution in [3.8, 4) is 0 Å². The van der Waals surface area contributed by atoms with Gasteiger partial charge in [-0.15, -0.1) is 0 Å². The number of aliphatic hydroxyl groups excluding tert-OH is 2. The summed E-state index contributed by atoms with van der Waals surface area (Å²) in [4.78, 5) is 13.1. The van der Waals surface area contributed by atoms with E-state index in [0.717, 1.165) is 31.3 Å². The number of rotatable bonds is 0. The zero-order valence-corrected chi connectivity index (χ0v) is 15.0. The van der Waals surface area contributed by atoms with Crippen LogP contribution in [0.15, 0.2) is 12.2 Å². The molecule has 5 rings (SSSR count). The number of hydrogen-bond donors (Lipinski definition) is 2. The van der Waals surface area contributed by atoms with Gasteiger partial charge in [0.25, 0.3) is 0 Å². The van der Waals surface area contributed by atoms with Gasteiger partial charge in [-0.05, 0) is 54.9 Å². The van der Waals surface area contributed by atoms with Crippen molar-refractivity contribution in [2.24, 2.45) is 34.0 Å². The number of fused-ring (bicyclic) bond motifs is 1. The quantitative estimate of drug-likeness (QED) is 0.517. The van der Waals surface area contributed by atoms with E-state index in [1.165, 1.54) is 0 Å². The summed E-state index contributed by atoms with van der Waals surface area (Å²) in [6, 6.07) is 0. The van der Waals surface area contributed by atoms with Gasteiger partial charge < -0.3 is 19.7 Å². The normalized spacial score (nSPS) is 56.0. The molecule has 2 heterocycles. The summed E-state index contributed by atoms with van der Waals surface area (Å²) in [7, 11) is 0. The lowest BCUT2D eigenvalue weighted by Gasteiger charge is -2.62. The van der Waals surface area contributed by atoms with Gasteiger partial charge in [0.05, 0.1) is 12.7 Å². The average Bonchev–Trinajstić information content (AvgIpc) is 3.01. The fourth-order valence-corrected chi connectivity index (χ4v) is 7.50. The van der Waals surface area contributed by atoms with Crippen LogP contribution in [0.25, 0.3) is 0 Å². The van der Waals surface area contributed by atoms with Crippen LogP contribution in [-0.2, 0) is 14.3 Å². The van der Waals surface area contributed by atoms with Crippen LogP contribution in [0, 0.1) is 34.0 Å². The standard InChI is InChI=1S/C20H28O5/c1-10-11-4-5-12-19(8-11,15(10)21)17(23)25-13-6-7-18(2,3)14-16(22)24-9-20(12,13)14/h11-16,21-22H,1,4-9H2,2-3H3. The molecule has 0 aromatic heterocycles. The van der Waals surface area contributed by atoms with E-state index in [-0.39, 0.29) is 35.2 Å². The molecule has 25 heavy (non-hydrogen) atoms. The Labute approximate surface area is 148 Å². The zero-order valence-electron chi connectivity index (χ0n) is 15.0. The minimum atomic E-state index is -0.893. The third-order valence-corrected chi connectivity index (χ3v) is 8.51. The summed E-state index contributed by atoms with van der Waals surface area (Å²) < 4.78 is 11.8. The Morgan fingerprint density at radius 3 is 2.72 bits per heavy atom. The fraction of sp³-hybridized carbons (Fsp3) is 0.850. The molecule has 2 saturated heterocycles. The highest BCUT2D eigenvalue weighted by Gasteiger charge is 2.76. The molecule has 2 bridgehead atoms. The molecule has 2 spiro atoms. The number of aliphatic hydroxyl groups is 2. The van der Waals surface area contributed by atoms with Crippen LogP contribution in [0.3, 0.4) is 0 Å². The topological polar surface area (TPSA) is 76.0 Å². The van der Waals surface area contributed by atoms with Crippen molar-refractivity contribution in [3.05, 3.63) is 12.2 Å². The van der Waals surface area contributed by atoms with E-state index in [9.17, 15) is 15.0 Å². The molecule has 0 aromatic carbocycles. The molecule has 3 saturated carbocycles. The summed E-state index contributed by atoms with van der Waals surface area (Å²) in [5, 5.41) is 21.7. The lowest BCUT2D eigenvalue weighted by atomic mass is 9.44. The molecule has 8 atom stereocenters. The number of esters is 1. The van der Waals surface area contributed by atoms with Crippen LogP contribution in [0.5, 0.6) is 0 Å². The van der Waals surface area contributed by atoms with Gasteiger partial charge in [-0.25, -0.2) is 0 Å². The van der Waals surface area contributed by atoms with Crippen LogP contribution < -0.4 is 0 Å². The van der Waals surface area contributed by atoms with Gasteiger partial charge in [-0.2, -0.15) is 0 Å². The Morgan fingerprint density at radius 1 is 1.20 bits per heavy atom. The minimum Gasteiger partial charge on any atom is -0.461 e. The Balaban J connectivity index is 1.70. The highest BCUT2D eigenvalue weighted by molar-refractivity contribution is 5.81. The highest BCUT2D eigenvalue weighted by Crippen LogP contribution is 2.71. The van der Waals surface area contributed by atoms with Crippen molar-refractivity contribution >= 4 is 5.97 Å². The highest BCUT2D eigenvalue weighted by atomic mass is 16.6. The monoisotopic (exact) mass is 348 g/mol. The predicted octanol–water partition coefficient (Wildman–Crippen LogP) is 2.02. The molecule has 2 aliphatic heterocycles. The van der Waals surface area contributed by atoms with Crippen LogP contribution in [-0.4, -0.2) is 41.3 Å². The maximum Gasteiger partial charge on any atom is 0.315 e. The SMILES string of the molecule is C=C1C2CCC3C(C2)(C(=O)OC2CCC(C)(C)C4C(O)OCC243)C1O. The largest absolute Gasteiger partial charge is 0.461 e. The molecular weight excluding hydrogens is 320 g/mol. The smallest absolute Gasteiger partial charge is 0.315 e. The van der Waals surface area contributed by atoms with E-state index in [0.29, 0.717) is 13.0 Å². The average molecular weight is 348 g/mol. The van der Waals surface area contributed by atoms with Gasteiger partial charge in [0.1, 0.15) is 11.5 Å². The first-order valence-electron chi connectivity index (χ1n) is 9.62. The molecule has 5 heteroatoms. The van der Waals surface area contributed by atoms with Crippen molar-refractivity contribution in [1.29, 1.82) is 0 Å². The maximum absolute atomic E-state index is 13.1. The lowest BCUT2D eigenvalue weighted by Crippen LogP contribution is -2.68. The van der Waals surface area contributed by atoms with E-state index < -0.39 is 23.2 Å². The molecule has 0 aromatic rings. The Kier molecular flexibility index (Phi) is 3.04. The molecule has 5 aliphatic rings. The van der Waals surface area contributed by atoms with Crippen LogP contribution in [0.2, 0.25) is 0 Å². The summed E-state index contributed by atoms with van der Waals surface area (Å²) in [6.07, 6.45) is 2.27. The van der Waals surface area contributed by atoms with E-state index in [1.54, 1.807) is 0 Å². The number of carbonyl (C=O) groups is 1. The van der Waals surface area contributed by atoms with Crippen molar-refractivity contribution < 1.29 is 24.5 Å². The zero-order chi connectivity index (χ0) is 17.8. The maximum atomic E-state index is 13.1. The van der Waals surface area contributed by atoms with Crippen LogP contribution in [0.4, 0.5) is 0 Å². The molecule has 3 aliphatic carbocycles. The molecule has 138 valence electrons. The number of hydrogen-bond acceptors (Lipinski definition) is 5. The second kappa shape index (κ2) is 4.68. The second-order valence-electron chi connectivity index (χ2n) is 9.76. The predicted molar refractivity (Wildman–Crippen MR) is 89.2 cm³/mol. The van der Waals surface area contributed by atoms with E-state index in [4.69, 9.17) is 9.47 Å². The van der Waals surface area contributed by atoms with Gasteiger partial charge in [-0.3, -0.25) is 4.79 Å². The first kappa shape index (κ1) is 16.3. The second-order valence-corrected chi connectivity index (χ2v) is 9.76. The molecule has 8 unspecified atom stereocenters. The third kappa shape index (κ3) is 1.64. The van der Waals surface area contributed by atoms with E-state index in [1.807, 2.05) is 0 Å². The van der Waals surface area contributed by atoms with Gasteiger partial charge in [0.2, 0.25) is 0 Å². The molecule has 5 nitrogen and oxygen atoms in total. The number of carbonyl (C=O) groups excluding carboxylic acids is 1. The van der Waals surface area contributed by atoms with Crippen LogP contribution in [0.1, 0.15) is 46.0 Å². The van der Waals surface area contributed by atoms with E-state index >= 15 is 0 Å². The van der Waals surface area contributed by atoms with Crippen molar-refractivity contribution in [2.45, 2.75) is 64.4 Å². The summed E-state index contributed by atoms with van der Waals surface area (Å²) in [5.41, 5.74) is -0.587. The molecule has 5 fully saturated rings.